The van der Waals surface area contributed by atoms with Crippen molar-refractivity contribution in [1.29, 1.82) is 0 Å². The minimum absolute atomic E-state index is 0.0496. The van der Waals surface area contributed by atoms with Gasteiger partial charge in [-0.05, 0) is 42.5 Å². The maximum Gasteiger partial charge on any atom is 0.223 e. The normalized spacial score (nSPS) is 12.2. The van der Waals surface area contributed by atoms with E-state index in [2.05, 4.69) is 0 Å². The molecule has 1 unspecified atom stereocenters. The van der Waals surface area contributed by atoms with Crippen LogP contribution < -0.4 is 0 Å². The number of aryl methyl sites for hydroxylation is 1. The summed E-state index contributed by atoms with van der Waals surface area (Å²) in [5.41, 5.74) is 0.943. The molecule has 0 radical (unpaired) electrons. The maximum atomic E-state index is 12.9. The highest BCUT2D eigenvalue weighted by Crippen LogP contribution is 2.20. The van der Waals surface area contributed by atoms with Crippen LogP contribution in [0.25, 0.3) is 0 Å². The van der Waals surface area contributed by atoms with E-state index in [-0.39, 0.29) is 17.8 Å². The van der Waals surface area contributed by atoms with E-state index in [0.717, 1.165) is 12.0 Å². The van der Waals surface area contributed by atoms with Crippen LogP contribution in [0.2, 0.25) is 0 Å². The van der Waals surface area contributed by atoms with Crippen LogP contribution in [0.3, 0.4) is 0 Å². The zero-order chi connectivity index (χ0) is 14.5. The van der Waals surface area contributed by atoms with Crippen LogP contribution in [0.5, 0.6) is 0 Å². The molecule has 0 spiro atoms. The molecule has 0 aliphatic heterocycles. The molecule has 1 aromatic carbocycles. The number of carbonyl (C=O) groups excluding carboxylic acids is 1. The molecule has 0 bridgehead atoms. The molecular weight excluding hydrogens is 273 g/mol. The molecule has 2 nitrogen and oxygen atoms in total. The summed E-state index contributed by atoms with van der Waals surface area (Å²) in [4.78, 5) is 15.1. The average molecular weight is 291 g/mol. The van der Waals surface area contributed by atoms with Gasteiger partial charge in [0.25, 0.3) is 0 Å². The van der Waals surface area contributed by atoms with Gasteiger partial charge < -0.3 is 4.90 Å². The Morgan fingerprint density at radius 3 is 2.60 bits per heavy atom. The molecule has 1 atom stereocenters. The van der Waals surface area contributed by atoms with E-state index in [1.54, 1.807) is 35.4 Å². The molecular formula is C16H18FNOS. The Bertz CT molecular complexity index is 550. The first-order valence-corrected chi connectivity index (χ1v) is 7.49. The highest BCUT2D eigenvalue weighted by Gasteiger charge is 2.17. The molecule has 1 aromatic heterocycles. The van der Waals surface area contributed by atoms with Crippen LogP contribution in [-0.2, 0) is 11.2 Å². The molecule has 1 heterocycles. The van der Waals surface area contributed by atoms with Gasteiger partial charge in [0.05, 0.1) is 6.04 Å². The van der Waals surface area contributed by atoms with Crippen molar-refractivity contribution in [2.24, 2.45) is 0 Å². The number of thiophene rings is 1. The van der Waals surface area contributed by atoms with Crippen molar-refractivity contribution >= 4 is 17.2 Å². The fourth-order valence-corrected chi connectivity index (χ4v) is 2.75. The molecule has 106 valence electrons. The van der Waals surface area contributed by atoms with Crippen LogP contribution in [0.15, 0.2) is 41.8 Å². The molecule has 0 aliphatic rings. The van der Waals surface area contributed by atoms with Gasteiger partial charge in [-0.15, -0.1) is 11.3 Å². The van der Waals surface area contributed by atoms with Gasteiger partial charge in [-0.2, -0.15) is 0 Å². The summed E-state index contributed by atoms with van der Waals surface area (Å²) in [5.74, 6) is -0.150. The lowest BCUT2D eigenvalue weighted by Crippen LogP contribution is -2.29. The van der Waals surface area contributed by atoms with Gasteiger partial charge in [0.15, 0.2) is 0 Å². The van der Waals surface area contributed by atoms with Crippen LogP contribution in [-0.4, -0.2) is 17.9 Å². The summed E-state index contributed by atoms with van der Waals surface area (Å²) >= 11 is 1.67. The Morgan fingerprint density at radius 2 is 2.00 bits per heavy atom. The fraction of sp³-hybridized carbons (Fsp3) is 0.312. The summed E-state index contributed by atoms with van der Waals surface area (Å²) in [5, 5.41) is 2.02. The van der Waals surface area contributed by atoms with E-state index < -0.39 is 0 Å². The van der Waals surface area contributed by atoms with Gasteiger partial charge in [0.2, 0.25) is 5.91 Å². The molecule has 0 N–H and O–H groups in total. The molecule has 2 aromatic rings. The first-order chi connectivity index (χ1) is 9.58. The van der Waals surface area contributed by atoms with E-state index in [4.69, 9.17) is 0 Å². The summed E-state index contributed by atoms with van der Waals surface area (Å²) in [6.45, 7) is 1.95. The van der Waals surface area contributed by atoms with Crippen LogP contribution in [0.4, 0.5) is 4.39 Å². The molecule has 4 heteroatoms. The summed E-state index contributed by atoms with van der Waals surface area (Å²) < 4.78 is 12.9. The van der Waals surface area contributed by atoms with Crippen molar-refractivity contribution in [3.05, 3.63) is 58.0 Å². The number of amides is 1. The first kappa shape index (κ1) is 14.7. The van der Waals surface area contributed by atoms with Crippen molar-refractivity contribution in [1.82, 2.24) is 4.90 Å². The van der Waals surface area contributed by atoms with Crippen molar-refractivity contribution in [2.75, 3.05) is 7.05 Å². The predicted molar refractivity (Wildman–Crippen MR) is 80.2 cm³/mol. The minimum Gasteiger partial charge on any atom is -0.339 e. The molecule has 0 aliphatic carbocycles. The zero-order valence-corrected chi connectivity index (χ0v) is 12.5. The van der Waals surface area contributed by atoms with Crippen molar-refractivity contribution in [2.45, 2.75) is 25.8 Å². The Labute approximate surface area is 122 Å². The van der Waals surface area contributed by atoms with Crippen LogP contribution in [0.1, 0.15) is 29.8 Å². The lowest BCUT2D eigenvalue weighted by molar-refractivity contribution is -0.131. The third-order valence-electron chi connectivity index (χ3n) is 3.49. The van der Waals surface area contributed by atoms with Gasteiger partial charge in [0, 0.05) is 18.3 Å². The quantitative estimate of drug-likeness (QED) is 0.814. The maximum absolute atomic E-state index is 12.9. The number of rotatable bonds is 5. The number of nitrogens with zero attached hydrogens (tertiary/aromatic N) is 1. The zero-order valence-electron chi connectivity index (χ0n) is 11.7. The fourth-order valence-electron chi connectivity index (χ4n) is 2.04. The Balaban J connectivity index is 1.93. The second-order valence-electron chi connectivity index (χ2n) is 4.81. The highest BCUT2D eigenvalue weighted by molar-refractivity contribution is 7.09. The standard InChI is InChI=1S/C16H18FNOS/c1-12(13-5-7-14(17)8-6-13)18(2)16(19)10-9-15-4-3-11-20-15/h3-8,11-12H,9-10H2,1-2H3. The Morgan fingerprint density at radius 1 is 1.30 bits per heavy atom. The largest absolute Gasteiger partial charge is 0.339 e. The average Bonchev–Trinajstić information content (AvgIpc) is 2.97. The highest BCUT2D eigenvalue weighted by atomic mass is 32.1. The van der Waals surface area contributed by atoms with Crippen LogP contribution in [0, 0.1) is 5.82 Å². The second kappa shape index (κ2) is 6.66. The van der Waals surface area contributed by atoms with Crippen molar-refractivity contribution in [3.8, 4) is 0 Å². The monoisotopic (exact) mass is 291 g/mol. The summed E-state index contributed by atoms with van der Waals surface area (Å²) in [7, 11) is 1.80. The molecule has 0 fully saturated rings. The lowest BCUT2D eigenvalue weighted by atomic mass is 10.1. The number of benzene rings is 1. The van der Waals surface area contributed by atoms with Crippen LogP contribution >= 0.6 is 11.3 Å². The molecule has 0 saturated carbocycles. The van der Waals surface area contributed by atoms with Gasteiger partial charge in [0.1, 0.15) is 5.82 Å². The van der Waals surface area contributed by atoms with E-state index >= 15 is 0 Å². The predicted octanol–water partition coefficient (Wildman–Crippen LogP) is 4.04. The van der Waals surface area contributed by atoms with Gasteiger partial charge in [-0.3, -0.25) is 4.79 Å². The van der Waals surface area contributed by atoms with Gasteiger partial charge in [-0.1, -0.05) is 18.2 Å². The topological polar surface area (TPSA) is 20.3 Å². The SMILES string of the molecule is CC(c1ccc(F)cc1)N(C)C(=O)CCc1cccs1. The van der Waals surface area contributed by atoms with Gasteiger partial charge >= 0.3 is 0 Å². The number of hydrogen-bond acceptors (Lipinski definition) is 2. The van der Waals surface area contributed by atoms with E-state index in [1.165, 1.54) is 17.0 Å². The third kappa shape index (κ3) is 3.67. The second-order valence-corrected chi connectivity index (χ2v) is 5.84. The number of carbonyl (C=O) groups is 1. The van der Waals surface area contributed by atoms with E-state index in [9.17, 15) is 9.18 Å². The van der Waals surface area contributed by atoms with E-state index in [1.807, 2.05) is 24.4 Å². The van der Waals surface area contributed by atoms with Gasteiger partial charge in [-0.25, -0.2) is 4.39 Å². The Kier molecular flexibility index (Phi) is 4.90. The molecule has 0 saturated heterocycles. The molecule has 2 rings (SSSR count). The summed E-state index contributed by atoms with van der Waals surface area (Å²) in [6, 6.07) is 10.3. The number of hydrogen-bond donors (Lipinski definition) is 0. The lowest BCUT2D eigenvalue weighted by Gasteiger charge is -2.25. The summed E-state index contributed by atoms with van der Waals surface area (Å²) in [6.07, 6.45) is 1.28. The molecule has 20 heavy (non-hydrogen) atoms. The van der Waals surface area contributed by atoms with Crippen molar-refractivity contribution < 1.29 is 9.18 Å². The number of halogens is 1. The third-order valence-corrected chi connectivity index (χ3v) is 4.43. The Hall–Kier alpha value is -1.68. The van der Waals surface area contributed by atoms with E-state index in [0.29, 0.717) is 6.42 Å². The smallest absolute Gasteiger partial charge is 0.223 e. The first-order valence-electron chi connectivity index (χ1n) is 6.61. The van der Waals surface area contributed by atoms with Crippen molar-refractivity contribution in [3.63, 3.8) is 0 Å². The molecule has 1 amide bonds. The minimum atomic E-state index is -0.257.